The molecule has 1 aliphatic rings. The van der Waals surface area contributed by atoms with Crippen molar-refractivity contribution in [3.05, 3.63) is 125 Å². The predicted octanol–water partition coefficient (Wildman–Crippen LogP) is 11.5. The molecule has 1 heterocycles. The van der Waals surface area contributed by atoms with E-state index in [-0.39, 0.29) is 10.8 Å². The van der Waals surface area contributed by atoms with E-state index in [2.05, 4.69) is 134 Å². The molecule has 0 bridgehead atoms. The minimum atomic E-state index is -0.202. The van der Waals surface area contributed by atoms with Crippen molar-refractivity contribution in [2.75, 3.05) is 11.9 Å². The highest BCUT2D eigenvalue weighted by Crippen LogP contribution is 2.56. The van der Waals surface area contributed by atoms with Crippen molar-refractivity contribution in [1.29, 1.82) is 0 Å². The van der Waals surface area contributed by atoms with Gasteiger partial charge in [-0.3, -0.25) is 0 Å². The predicted molar refractivity (Wildman–Crippen MR) is 189 cm³/mol. The van der Waals surface area contributed by atoms with Gasteiger partial charge in [-0.2, -0.15) is 0 Å². The van der Waals surface area contributed by atoms with Crippen LogP contribution in [-0.2, 0) is 10.8 Å². The molecular weight excluding hydrogens is 508 g/mol. The molecule has 3 aromatic rings. The number of allylic oxidation sites excluding steroid dienone is 7. The summed E-state index contributed by atoms with van der Waals surface area (Å²) in [5.41, 5.74) is 13.5. The van der Waals surface area contributed by atoms with E-state index < -0.39 is 0 Å². The van der Waals surface area contributed by atoms with Gasteiger partial charge in [-0.1, -0.05) is 103 Å². The molecule has 0 aliphatic heterocycles. The molecule has 0 spiro atoms. The average molecular weight is 561 g/mol. The molecule has 222 valence electrons. The summed E-state index contributed by atoms with van der Waals surface area (Å²) in [7, 11) is 2.09. The Hall–Kier alpha value is -3.78. The van der Waals surface area contributed by atoms with Crippen LogP contribution in [0.4, 0.5) is 5.69 Å². The minimum Gasteiger partial charge on any atom is -0.345 e. The van der Waals surface area contributed by atoms with Crippen LogP contribution in [0.3, 0.4) is 0 Å². The van der Waals surface area contributed by atoms with Gasteiger partial charge in [-0.25, -0.2) is 0 Å². The van der Waals surface area contributed by atoms with Gasteiger partial charge in [0.25, 0.3) is 0 Å². The first-order chi connectivity index (χ1) is 19.8. The van der Waals surface area contributed by atoms with E-state index in [9.17, 15) is 0 Å². The Morgan fingerprint density at radius 2 is 1.64 bits per heavy atom. The van der Waals surface area contributed by atoms with Gasteiger partial charge in [0.05, 0.1) is 5.52 Å². The van der Waals surface area contributed by atoms with Crippen LogP contribution in [0.5, 0.6) is 0 Å². The normalized spacial score (nSPS) is 18.1. The number of aromatic nitrogens is 1. The molecule has 0 radical (unpaired) electrons. The Balaban J connectivity index is 0.00000237. The third kappa shape index (κ3) is 5.40. The van der Waals surface area contributed by atoms with Crippen LogP contribution < -0.4 is 4.90 Å². The second-order valence-electron chi connectivity index (χ2n) is 12.2. The molecule has 0 saturated heterocycles. The lowest BCUT2D eigenvalue weighted by Gasteiger charge is -2.34. The number of nitrogens with zero attached hydrogens (tertiary/aromatic N) is 2. The van der Waals surface area contributed by atoms with Crippen LogP contribution in [0.1, 0.15) is 89.8 Å². The molecule has 0 saturated carbocycles. The van der Waals surface area contributed by atoms with E-state index in [0.717, 1.165) is 12.1 Å². The minimum absolute atomic E-state index is 0.0397. The Kier molecular flexibility index (Phi) is 9.83. The van der Waals surface area contributed by atoms with Gasteiger partial charge in [0, 0.05) is 46.2 Å². The topological polar surface area (TPSA) is 8.17 Å². The molecule has 2 aromatic carbocycles. The second-order valence-corrected chi connectivity index (χ2v) is 12.2. The molecule has 1 unspecified atom stereocenters. The Labute approximate surface area is 256 Å². The maximum absolute atomic E-state index is 4.82. The van der Waals surface area contributed by atoms with Crippen LogP contribution in [0, 0.1) is 13.8 Å². The van der Waals surface area contributed by atoms with Crippen molar-refractivity contribution in [2.24, 2.45) is 0 Å². The van der Waals surface area contributed by atoms with Crippen molar-refractivity contribution in [1.82, 2.24) is 4.57 Å². The van der Waals surface area contributed by atoms with Crippen molar-refractivity contribution in [3.8, 4) is 0 Å². The molecule has 1 atom stereocenters. The zero-order valence-corrected chi connectivity index (χ0v) is 28.1. The summed E-state index contributed by atoms with van der Waals surface area (Å²) in [5.74, 6) is 0. The first kappa shape index (κ1) is 32.7. The largest absolute Gasteiger partial charge is 0.345 e. The van der Waals surface area contributed by atoms with Gasteiger partial charge in [-0.05, 0) is 92.5 Å². The van der Waals surface area contributed by atoms with Gasteiger partial charge in [0.1, 0.15) is 0 Å². The zero-order valence-electron chi connectivity index (χ0n) is 28.1. The lowest BCUT2D eigenvalue weighted by molar-refractivity contribution is 0.422. The molecule has 0 fully saturated rings. The third-order valence-corrected chi connectivity index (χ3v) is 9.22. The van der Waals surface area contributed by atoms with E-state index >= 15 is 0 Å². The average Bonchev–Trinajstić information content (AvgIpc) is 3.38. The highest BCUT2D eigenvalue weighted by molar-refractivity contribution is 5.94. The molecule has 2 heteroatoms. The number of hydrogen-bond donors (Lipinski definition) is 0. The number of anilines is 1. The van der Waals surface area contributed by atoms with Gasteiger partial charge < -0.3 is 9.47 Å². The molecule has 0 amide bonds. The van der Waals surface area contributed by atoms with Gasteiger partial charge in [0.15, 0.2) is 0 Å². The van der Waals surface area contributed by atoms with Crippen molar-refractivity contribution >= 4 is 28.4 Å². The van der Waals surface area contributed by atoms with E-state index in [1.165, 1.54) is 61.4 Å². The lowest BCUT2D eigenvalue weighted by Crippen LogP contribution is -2.26. The van der Waals surface area contributed by atoms with Crippen LogP contribution in [0.2, 0.25) is 0 Å². The van der Waals surface area contributed by atoms with Crippen LogP contribution in [0.25, 0.3) is 22.7 Å². The van der Waals surface area contributed by atoms with E-state index in [1.54, 1.807) is 6.08 Å². The van der Waals surface area contributed by atoms with E-state index in [0.29, 0.717) is 0 Å². The number of likely N-dealkylation sites (N-methyl/N-ethyl adjacent to an activating group) is 1. The molecular formula is C40H52N2. The van der Waals surface area contributed by atoms with Crippen LogP contribution in [-0.4, -0.2) is 11.6 Å². The summed E-state index contributed by atoms with van der Waals surface area (Å²) in [6, 6.07) is 13.3. The standard InChI is InChI=1S/C38H46N2.C2H6/c1-13-15-19-25(3)39(12)34-23-22-33-36(27(34)5)38(11,24-37(33,9)10)28(6)26(4)29(7)40-30(8)31(18-14-2)32-20-16-17-21-35(32)40;1-2/h13-23H,1,3,6,24H2,2,4-5,7-12H3;1-2H3/b18-14-,19-15-,29-26+;. The Morgan fingerprint density at radius 1 is 1.00 bits per heavy atom. The van der Waals surface area contributed by atoms with Crippen molar-refractivity contribution in [3.63, 3.8) is 0 Å². The van der Waals surface area contributed by atoms with Crippen molar-refractivity contribution in [2.45, 2.75) is 86.5 Å². The number of hydrogen-bond acceptors (Lipinski definition) is 1. The van der Waals surface area contributed by atoms with Crippen LogP contribution >= 0.6 is 0 Å². The van der Waals surface area contributed by atoms with Crippen LogP contribution in [0.15, 0.2) is 97.3 Å². The molecule has 1 aromatic heterocycles. The van der Waals surface area contributed by atoms with Gasteiger partial charge in [0.2, 0.25) is 0 Å². The maximum atomic E-state index is 4.82. The van der Waals surface area contributed by atoms with E-state index in [4.69, 9.17) is 6.58 Å². The van der Waals surface area contributed by atoms with E-state index in [1.807, 2.05) is 26.0 Å². The number of benzene rings is 2. The summed E-state index contributed by atoms with van der Waals surface area (Å²) >= 11 is 0. The third-order valence-electron chi connectivity index (χ3n) is 9.22. The molecule has 2 nitrogen and oxygen atoms in total. The summed E-state index contributed by atoms with van der Waals surface area (Å²) < 4.78 is 2.42. The molecule has 1 aliphatic carbocycles. The maximum Gasteiger partial charge on any atom is 0.0534 e. The first-order valence-corrected chi connectivity index (χ1v) is 15.3. The summed E-state index contributed by atoms with van der Waals surface area (Å²) in [5, 5.41) is 1.28. The fraction of sp³-hybridized carbons (Fsp3) is 0.350. The molecule has 42 heavy (non-hydrogen) atoms. The SMILES string of the molecule is C=C/C=C\C(=C)N(C)c1ccc2c(c1C)C(C)(C(=C)/C(C)=C(\C)n1c(C)c(/C=C\C)c3ccccc31)CC2(C)C.CC. The van der Waals surface area contributed by atoms with Crippen molar-refractivity contribution < 1.29 is 0 Å². The zero-order chi connectivity index (χ0) is 31.6. The lowest BCUT2D eigenvalue weighted by atomic mass is 9.71. The highest BCUT2D eigenvalue weighted by atomic mass is 15.1. The Bertz CT molecular complexity index is 1610. The second kappa shape index (κ2) is 12.6. The quantitative estimate of drug-likeness (QED) is 0.249. The smallest absolute Gasteiger partial charge is 0.0534 e. The summed E-state index contributed by atoms with van der Waals surface area (Å²) in [6.07, 6.45) is 11.1. The van der Waals surface area contributed by atoms with Gasteiger partial charge in [-0.15, -0.1) is 0 Å². The Morgan fingerprint density at radius 3 is 2.26 bits per heavy atom. The first-order valence-electron chi connectivity index (χ1n) is 15.3. The number of rotatable bonds is 8. The molecule has 0 N–H and O–H groups in total. The summed E-state index contributed by atoms with van der Waals surface area (Å²) in [6.45, 7) is 35.1. The number of fused-ring (bicyclic) bond motifs is 2. The highest BCUT2D eigenvalue weighted by Gasteiger charge is 2.48. The fourth-order valence-corrected chi connectivity index (χ4v) is 7.11. The fourth-order valence-electron chi connectivity index (χ4n) is 7.11. The molecule has 4 rings (SSSR count). The van der Waals surface area contributed by atoms with Gasteiger partial charge >= 0.3 is 0 Å². The summed E-state index contributed by atoms with van der Waals surface area (Å²) in [4.78, 5) is 2.18. The number of para-hydroxylation sites is 1. The monoisotopic (exact) mass is 560 g/mol.